The van der Waals surface area contributed by atoms with Gasteiger partial charge in [0.2, 0.25) is 0 Å². The lowest BCUT2D eigenvalue weighted by atomic mass is 9.87. The van der Waals surface area contributed by atoms with Gasteiger partial charge in [-0.3, -0.25) is 0 Å². The Balaban J connectivity index is 0.924. The molecule has 0 amide bonds. The molecular weight excluding hydrogens is 642 g/mol. The van der Waals surface area contributed by atoms with Crippen LogP contribution in [0.3, 0.4) is 0 Å². The van der Waals surface area contributed by atoms with E-state index < -0.39 is 17.2 Å². The molecule has 2 aromatic heterocycles. The molecule has 0 spiro atoms. The van der Waals surface area contributed by atoms with Crippen LogP contribution in [0.4, 0.5) is 20.2 Å². The molecule has 0 radical (unpaired) electrons. The minimum atomic E-state index is -1.01. The Hall–Kier alpha value is -5.04. The number of rotatable bonds is 12. The van der Waals surface area contributed by atoms with Crippen LogP contribution < -0.4 is 20.2 Å². The molecule has 4 heterocycles. The van der Waals surface area contributed by atoms with Crippen LogP contribution in [0.2, 0.25) is 0 Å². The second-order valence-electron chi connectivity index (χ2n) is 13.1. The van der Waals surface area contributed by atoms with Gasteiger partial charge in [0, 0.05) is 55.1 Å². The Morgan fingerprint density at radius 2 is 1.54 bits per heavy atom. The summed E-state index contributed by atoms with van der Waals surface area (Å²) < 4.78 is 45.9. The van der Waals surface area contributed by atoms with Crippen molar-refractivity contribution in [2.24, 2.45) is 5.92 Å². The van der Waals surface area contributed by atoms with Crippen LogP contribution in [0.25, 0.3) is 5.69 Å². The summed E-state index contributed by atoms with van der Waals surface area (Å²) in [6.45, 7) is 8.66. The van der Waals surface area contributed by atoms with Gasteiger partial charge in [0.1, 0.15) is 42.0 Å². The van der Waals surface area contributed by atoms with Crippen LogP contribution in [0, 0.1) is 17.6 Å². The first kappa shape index (κ1) is 33.5. The molecule has 0 bridgehead atoms. The Labute approximate surface area is 289 Å². The Bertz CT molecular complexity index is 1920. The van der Waals surface area contributed by atoms with E-state index in [0.717, 1.165) is 67.9 Å². The zero-order valence-corrected chi connectivity index (χ0v) is 28.4. The smallest absolute Gasteiger partial charge is 0.350 e. The normalized spacial score (nSPS) is 19.4. The average molecular weight is 685 g/mol. The van der Waals surface area contributed by atoms with E-state index in [1.54, 1.807) is 26.6 Å². The zero-order valence-electron chi connectivity index (χ0n) is 28.4. The van der Waals surface area contributed by atoms with Crippen LogP contribution >= 0.6 is 0 Å². The van der Waals surface area contributed by atoms with E-state index in [1.165, 1.54) is 18.5 Å². The van der Waals surface area contributed by atoms with Crippen LogP contribution in [-0.4, -0.2) is 68.5 Å². The second-order valence-corrected chi connectivity index (χ2v) is 13.1. The molecule has 0 aliphatic carbocycles. The predicted molar refractivity (Wildman–Crippen MR) is 186 cm³/mol. The largest absolute Gasteiger partial charge is 0.493 e. The highest BCUT2D eigenvalue weighted by Gasteiger charge is 2.44. The maximum atomic E-state index is 15.0. The van der Waals surface area contributed by atoms with Crippen molar-refractivity contribution in [2.75, 3.05) is 49.2 Å². The molecule has 13 heteroatoms. The number of hydrogen-bond donors (Lipinski definition) is 0. The zero-order chi connectivity index (χ0) is 34.7. The van der Waals surface area contributed by atoms with Crippen molar-refractivity contribution in [3.8, 4) is 11.4 Å². The third-order valence-electron chi connectivity index (χ3n) is 9.96. The van der Waals surface area contributed by atoms with E-state index in [2.05, 4.69) is 63.1 Å². The molecule has 2 saturated heterocycles. The molecule has 2 aliphatic rings. The molecule has 0 saturated carbocycles. The summed E-state index contributed by atoms with van der Waals surface area (Å²) in [4.78, 5) is 21.7. The summed E-state index contributed by atoms with van der Waals surface area (Å²) in [5.41, 5.74) is 2.25. The molecule has 2 aliphatic heterocycles. The lowest BCUT2D eigenvalue weighted by Gasteiger charge is -2.37. The molecule has 0 N–H and O–H groups in total. The molecule has 262 valence electrons. The number of halogens is 2. The van der Waals surface area contributed by atoms with Gasteiger partial charge in [-0.2, -0.15) is 10.2 Å². The van der Waals surface area contributed by atoms with Crippen molar-refractivity contribution >= 4 is 11.4 Å². The van der Waals surface area contributed by atoms with E-state index >= 15 is 0 Å². The molecule has 3 aromatic carbocycles. The predicted octanol–water partition coefficient (Wildman–Crippen LogP) is 5.60. The summed E-state index contributed by atoms with van der Waals surface area (Å²) in [6.07, 6.45) is 6.81. The van der Waals surface area contributed by atoms with Crippen LogP contribution in [0.1, 0.15) is 44.7 Å². The topological polar surface area (TPSA) is 95.5 Å². The molecule has 0 unspecified atom stereocenters. The number of ether oxygens (including phenoxy) is 2. The Morgan fingerprint density at radius 3 is 2.16 bits per heavy atom. The number of hydrogen-bond acceptors (Lipinski definition) is 8. The van der Waals surface area contributed by atoms with Crippen LogP contribution in [0.5, 0.6) is 5.75 Å². The van der Waals surface area contributed by atoms with E-state index in [4.69, 9.17) is 9.47 Å². The van der Waals surface area contributed by atoms with Crippen molar-refractivity contribution in [1.82, 2.24) is 29.1 Å². The molecule has 11 nitrogen and oxygen atoms in total. The molecule has 2 fully saturated rings. The van der Waals surface area contributed by atoms with Crippen molar-refractivity contribution < 1.29 is 18.3 Å². The van der Waals surface area contributed by atoms with Crippen LogP contribution in [-0.2, 0) is 16.9 Å². The van der Waals surface area contributed by atoms with Gasteiger partial charge in [0.25, 0.3) is 0 Å². The lowest BCUT2D eigenvalue weighted by Crippen LogP contribution is -2.46. The van der Waals surface area contributed by atoms with Gasteiger partial charge < -0.3 is 19.3 Å². The van der Waals surface area contributed by atoms with Gasteiger partial charge in [-0.15, -0.1) is 0 Å². The lowest BCUT2D eigenvalue weighted by molar-refractivity contribution is -0.0206. The Morgan fingerprint density at radius 1 is 0.880 bits per heavy atom. The fraction of sp³-hybridized carbons (Fsp3) is 0.405. The van der Waals surface area contributed by atoms with Gasteiger partial charge in [-0.1, -0.05) is 19.9 Å². The molecular formula is C37H42F2N8O3. The monoisotopic (exact) mass is 684 g/mol. The van der Waals surface area contributed by atoms with Gasteiger partial charge in [0.05, 0.1) is 31.5 Å². The molecule has 2 atom stereocenters. The summed E-state index contributed by atoms with van der Waals surface area (Å²) in [6, 6.07) is 19.9. The summed E-state index contributed by atoms with van der Waals surface area (Å²) in [5, 5.41) is 8.55. The van der Waals surface area contributed by atoms with Gasteiger partial charge >= 0.3 is 5.69 Å². The van der Waals surface area contributed by atoms with Crippen LogP contribution in [0.15, 0.2) is 90.5 Å². The Kier molecular flexibility index (Phi) is 9.66. The first-order valence-corrected chi connectivity index (χ1v) is 17.3. The third kappa shape index (κ3) is 6.87. The van der Waals surface area contributed by atoms with E-state index in [0.29, 0.717) is 25.2 Å². The first-order chi connectivity index (χ1) is 24.4. The number of aromatic nitrogens is 6. The van der Waals surface area contributed by atoms with E-state index in [-0.39, 0.29) is 24.2 Å². The van der Waals surface area contributed by atoms with Crippen molar-refractivity contribution in [3.63, 3.8) is 0 Å². The quantitative estimate of drug-likeness (QED) is 0.168. The number of piperazine rings is 1. The average Bonchev–Trinajstić information content (AvgIpc) is 3.90. The van der Waals surface area contributed by atoms with Gasteiger partial charge in [-0.05, 0) is 73.9 Å². The molecule has 50 heavy (non-hydrogen) atoms. The molecule has 5 aromatic rings. The van der Waals surface area contributed by atoms with Gasteiger partial charge in [-0.25, -0.2) is 32.5 Å². The van der Waals surface area contributed by atoms with Gasteiger partial charge in [0.15, 0.2) is 0 Å². The summed E-state index contributed by atoms with van der Waals surface area (Å²) >= 11 is 0. The van der Waals surface area contributed by atoms with Crippen molar-refractivity contribution in [2.45, 2.75) is 51.3 Å². The number of benzene rings is 3. The minimum Gasteiger partial charge on any atom is -0.493 e. The fourth-order valence-corrected chi connectivity index (χ4v) is 7.18. The third-order valence-corrected chi connectivity index (χ3v) is 9.96. The summed E-state index contributed by atoms with van der Waals surface area (Å²) in [5.74, 6) is -0.527. The second kappa shape index (κ2) is 14.4. The number of nitrogens with zero attached hydrogens (tertiary/aromatic N) is 8. The van der Waals surface area contributed by atoms with Crippen molar-refractivity contribution in [3.05, 3.63) is 113 Å². The molecule has 7 rings (SSSR count). The standard InChI is InChI=1S/C37H42F2N8O3/c1-3-29(4-2)47-36(48)46(26-42-47)32-8-6-30(7-9-32)43-15-17-44(18-16-43)31-10-12-33(13-11-31)49-21-27-20-37(50-22-27,23-45-25-40-24-41-45)34-14-5-28(38)19-35(34)39/h5-14,19,24-27,29H,3-4,15-18,20-23H2,1-2H3/t27-,37+/m0/s1. The maximum Gasteiger partial charge on any atom is 0.350 e. The van der Waals surface area contributed by atoms with E-state index in [9.17, 15) is 13.6 Å². The minimum absolute atomic E-state index is 0.00191. The van der Waals surface area contributed by atoms with E-state index in [1.807, 2.05) is 24.3 Å². The highest BCUT2D eigenvalue weighted by atomic mass is 19.1. The highest BCUT2D eigenvalue weighted by molar-refractivity contribution is 5.54. The first-order valence-electron chi connectivity index (χ1n) is 17.3. The SMILES string of the molecule is CCC(CC)n1ncn(-c2ccc(N3CCN(c4ccc(OC[C@H]5CO[C@](Cn6cncn6)(c6ccc(F)cc6F)C5)cc4)CC3)cc2)c1=O. The maximum absolute atomic E-state index is 15.0. The highest BCUT2D eigenvalue weighted by Crippen LogP contribution is 2.42. The fourth-order valence-electron chi connectivity index (χ4n) is 7.18. The van der Waals surface area contributed by atoms with Crippen molar-refractivity contribution in [1.29, 1.82) is 0 Å². The number of anilines is 2. The summed E-state index contributed by atoms with van der Waals surface area (Å²) in [7, 11) is 0.